The minimum absolute atomic E-state index is 0.333. The number of hydrogen-bond acceptors (Lipinski definition) is 6. The van der Waals surface area contributed by atoms with E-state index in [9.17, 15) is 4.79 Å². The van der Waals surface area contributed by atoms with E-state index in [0.29, 0.717) is 6.10 Å². The Labute approximate surface area is 173 Å². The second-order valence-corrected chi connectivity index (χ2v) is 7.70. The van der Waals surface area contributed by atoms with Crippen LogP contribution in [0.5, 0.6) is 5.88 Å². The summed E-state index contributed by atoms with van der Waals surface area (Å²) in [6.07, 6.45) is 12.0. The number of ether oxygens (including phenoxy) is 1. The van der Waals surface area contributed by atoms with Gasteiger partial charge in [0.25, 0.3) is 0 Å². The predicted molar refractivity (Wildman–Crippen MR) is 118 cm³/mol. The molecule has 0 radical (unpaired) electrons. The first-order chi connectivity index (χ1) is 13.6. The largest absolute Gasteiger partial charge is 0.474 e. The molecule has 28 heavy (non-hydrogen) atoms. The van der Waals surface area contributed by atoms with Gasteiger partial charge in [-0.25, -0.2) is 9.97 Å². The molecule has 0 aliphatic heterocycles. The van der Waals surface area contributed by atoms with Crippen LogP contribution in [0.25, 0.3) is 10.2 Å². The fourth-order valence-electron chi connectivity index (χ4n) is 3.33. The molecule has 2 aliphatic carbocycles. The Morgan fingerprint density at radius 2 is 1.79 bits per heavy atom. The molecule has 4 rings (SSSR count). The van der Waals surface area contributed by atoms with Crippen molar-refractivity contribution in [1.82, 2.24) is 9.97 Å². The summed E-state index contributed by atoms with van der Waals surface area (Å²) in [5.74, 6) is 0.510. The molecule has 2 aromatic rings. The van der Waals surface area contributed by atoms with E-state index in [4.69, 9.17) is 10.5 Å². The number of primary amides is 1. The summed E-state index contributed by atoms with van der Waals surface area (Å²) in [6.45, 7) is 7.96. The summed E-state index contributed by atoms with van der Waals surface area (Å²) < 4.78 is 6.21. The first-order valence-corrected chi connectivity index (χ1v) is 11.3. The molecule has 2 aromatic heterocycles. The van der Waals surface area contributed by atoms with Gasteiger partial charge in [0.1, 0.15) is 17.3 Å². The minimum Gasteiger partial charge on any atom is -0.474 e. The van der Waals surface area contributed by atoms with Gasteiger partial charge in [-0.05, 0) is 57.1 Å². The average molecular weight is 409 g/mol. The van der Waals surface area contributed by atoms with Crippen molar-refractivity contribution in [3.8, 4) is 5.88 Å². The van der Waals surface area contributed by atoms with Gasteiger partial charge in [0.15, 0.2) is 0 Å². The van der Waals surface area contributed by atoms with Crippen molar-refractivity contribution in [3.05, 3.63) is 16.8 Å². The molecule has 0 unspecified atom stereocenters. The zero-order chi connectivity index (χ0) is 20.9. The van der Waals surface area contributed by atoms with Crippen LogP contribution in [0.15, 0.2) is 6.33 Å². The maximum absolute atomic E-state index is 9.22. The van der Waals surface area contributed by atoms with Crippen LogP contribution >= 0.6 is 11.3 Å². The number of fused-ring (bicyclic) bond motifs is 3. The molecule has 0 spiro atoms. The van der Waals surface area contributed by atoms with Gasteiger partial charge >= 0.3 is 0 Å². The summed E-state index contributed by atoms with van der Waals surface area (Å²) in [7, 11) is 0. The standard InChI is InChI=1S/C15H18N2OS.C2H5NO.C2H7N.C2H6/c1-2-5-10(6-3-1)18-14-13-11-7-4-8-12(11)19-15(13)17-9-16-14;1-2(3)4;1-2-3;1-2/h9-10H,1-8H2;1H3,(H2,3,4);2-3H2,1H3;1-2H3. The van der Waals surface area contributed by atoms with E-state index in [0.717, 1.165) is 17.3 Å². The van der Waals surface area contributed by atoms with Gasteiger partial charge in [0, 0.05) is 11.8 Å². The lowest BCUT2D eigenvalue weighted by Gasteiger charge is -2.22. The molecule has 1 amide bonds. The van der Waals surface area contributed by atoms with Crippen molar-refractivity contribution in [3.63, 3.8) is 0 Å². The van der Waals surface area contributed by atoms with Gasteiger partial charge in [-0.3, -0.25) is 4.79 Å². The van der Waals surface area contributed by atoms with Gasteiger partial charge < -0.3 is 16.2 Å². The summed E-state index contributed by atoms with van der Waals surface area (Å²) in [6, 6.07) is 0. The SMILES string of the molecule is CC.CC(N)=O.CCN.c1nc(OC2CCCCC2)c2c3c(sc2n1)CCC3. The summed E-state index contributed by atoms with van der Waals surface area (Å²) in [5.41, 5.74) is 10.8. The fourth-order valence-corrected chi connectivity index (χ4v) is 4.55. The number of carbonyl (C=O) groups excluding carboxylic acids is 1. The van der Waals surface area contributed by atoms with Crippen LogP contribution in [0.1, 0.15) is 76.7 Å². The lowest BCUT2D eigenvalue weighted by atomic mass is 9.98. The molecule has 1 fully saturated rings. The number of carbonyl (C=O) groups is 1. The number of hydrogen-bond donors (Lipinski definition) is 2. The maximum atomic E-state index is 9.22. The first kappa shape index (κ1) is 24.3. The van der Waals surface area contributed by atoms with Crippen LogP contribution in [0.4, 0.5) is 0 Å². The Morgan fingerprint density at radius 1 is 1.18 bits per heavy atom. The highest BCUT2D eigenvalue weighted by atomic mass is 32.1. The number of aryl methyl sites for hydroxylation is 2. The quantitative estimate of drug-likeness (QED) is 0.767. The number of rotatable bonds is 2. The topological polar surface area (TPSA) is 104 Å². The van der Waals surface area contributed by atoms with E-state index in [1.54, 1.807) is 6.33 Å². The molecule has 0 saturated heterocycles. The molecule has 2 aliphatic rings. The zero-order valence-corrected chi connectivity index (χ0v) is 18.6. The first-order valence-electron chi connectivity index (χ1n) is 10.4. The van der Waals surface area contributed by atoms with Crippen LogP contribution < -0.4 is 16.2 Å². The van der Waals surface area contributed by atoms with Crippen molar-refractivity contribution < 1.29 is 9.53 Å². The highest BCUT2D eigenvalue weighted by molar-refractivity contribution is 7.18. The lowest BCUT2D eigenvalue weighted by molar-refractivity contribution is -0.115. The van der Waals surface area contributed by atoms with Crippen molar-refractivity contribution >= 4 is 27.5 Å². The smallest absolute Gasteiger partial charge is 0.225 e. The maximum Gasteiger partial charge on any atom is 0.225 e. The highest BCUT2D eigenvalue weighted by Gasteiger charge is 2.23. The van der Waals surface area contributed by atoms with E-state index in [-0.39, 0.29) is 5.91 Å². The lowest BCUT2D eigenvalue weighted by Crippen LogP contribution is -2.20. The highest BCUT2D eigenvalue weighted by Crippen LogP contribution is 2.40. The molecule has 7 heteroatoms. The third kappa shape index (κ3) is 7.36. The van der Waals surface area contributed by atoms with Crippen molar-refractivity contribution in [2.24, 2.45) is 11.5 Å². The Morgan fingerprint density at radius 3 is 2.39 bits per heavy atom. The third-order valence-corrected chi connectivity index (χ3v) is 5.50. The number of nitrogens with two attached hydrogens (primary N) is 2. The summed E-state index contributed by atoms with van der Waals surface area (Å²) >= 11 is 1.83. The summed E-state index contributed by atoms with van der Waals surface area (Å²) in [5, 5.41) is 1.21. The second kappa shape index (κ2) is 13.4. The van der Waals surface area contributed by atoms with Gasteiger partial charge in [-0.1, -0.05) is 27.2 Å². The normalized spacial score (nSPS) is 15.2. The van der Waals surface area contributed by atoms with E-state index in [1.165, 1.54) is 74.1 Å². The monoisotopic (exact) mass is 408 g/mol. The fraction of sp³-hybridized carbons (Fsp3) is 0.667. The average Bonchev–Trinajstić information content (AvgIpc) is 3.26. The predicted octanol–water partition coefficient (Wildman–Crippen LogP) is 4.37. The number of aromatic nitrogens is 2. The van der Waals surface area contributed by atoms with E-state index < -0.39 is 0 Å². The Hall–Kier alpha value is -1.73. The molecular formula is C21H36N4O2S. The van der Waals surface area contributed by atoms with Crippen LogP contribution in [0, 0.1) is 0 Å². The molecule has 2 heterocycles. The van der Waals surface area contributed by atoms with Crippen LogP contribution in [0.2, 0.25) is 0 Å². The van der Waals surface area contributed by atoms with Crippen LogP contribution in [-0.2, 0) is 17.6 Å². The second-order valence-electron chi connectivity index (χ2n) is 6.61. The van der Waals surface area contributed by atoms with Gasteiger partial charge in [0.05, 0.1) is 5.39 Å². The minimum atomic E-state index is -0.333. The van der Waals surface area contributed by atoms with Crippen molar-refractivity contribution in [2.75, 3.05) is 6.54 Å². The summed E-state index contributed by atoms with van der Waals surface area (Å²) in [4.78, 5) is 20.7. The Bertz CT molecular complexity index is 708. The van der Waals surface area contributed by atoms with Gasteiger partial charge in [-0.2, -0.15) is 0 Å². The molecule has 1 saturated carbocycles. The number of thiophene rings is 1. The van der Waals surface area contributed by atoms with E-state index in [2.05, 4.69) is 15.7 Å². The van der Waals surface area contributed by atoms with Crippen LogP contribution in [0.3, 0.4) is 0 Å². The number of nitrogens with zero attached hydrogens (tertiary/aromatic N) is 2. The molecule has 0 bridgehead atoms. The van der Waals surface area contributed by atoms with E-state index in [1.807, 2.05) is 32.1 Å². The third-order valence-electron chi connectivity index (χ3n) is 4.30. The molecule has 0 aromatic carbocycles. The van der Waals surface area contributed by atoms with Gasteiger partial charge in [-0.15, -0.1) is 11.3 Å². The van der Waals surface area contributed by atoms with Gasteiger partial charge in [0.2, 0.25) is 11.8 Å². The Balaban J connectivity index is 0.000000376. The molecule has 4 N–H and O–H groups in total. The molecule has 158 valence electrons. The van der Waals surface area contributed by atoms with E-state index >= 15 is 0 Å². The number of amides is 1. The molecule has 0 atom stereocenters. The zero-order valence-electron chi connectivity index (χ0n) is 17.8. The molecule has 6 nitrogen and oxygen atoms in total. The van der Waals surface area contributed by atoms with Crippen molar-refractivity contribution in [2.45, 2.75) is 85.2 Å². The molecular weight excluding hydrogens is 372 g/mol. The van der Waals surface area contributed by atoms with Crippen molar-refractivity contribution in [1.29, 1.82) is 0 Å². The van der Waals surface area contributed by atoms with Crippen LogP contribution in [-0.4, -0.2) is 28.5 Å². The Kier molecular flexibility index (Phi) is 11.7.